The standard InChI is InChI=1S/C30H25N3O3S/c31-28(34)20-37-26-17-15-25(16-18-26)32-30(36)27(33-29(35)24-9-5-2-6-10-24)19-21-11-13-23(14-12-21)22-7-3-1-4-8-22/h1-19H,20H2,(H2,31,34)(H,32,36)(H,33,35)/b27-19-. The number of hydrogen-bond donors (Lipinski definition) is 3. The molecule has 3 amide bonds. The van der Waals surface area contributed by atoms with Gasteiger partial charge in [-0.05, 0) is 59.2 Å². The van der Waals surface area contributed by atoms with Crippen LogP contribution in [0.3, 0.4) is 0 Å². The lowest BCUT2D eigenvalue weighted by atomic mass is 10.0. The van der Waals surface area contributed by atoms with Crippen molar-refractivity contribution >= 4 is 41.2 Å². The predicted molar refractivity (Wildman–Crippen MR) is 149 cm³/mol. The van der Waals surface area contributed by atoms with Gasteiger partial charge < -0.3 is 16.4 Å². The van der Waals surface area contributed by atoms with Crippen LogP contribution in [0.2, 0.25) is 0 Å². The Labute approximate surface area is 219 Å². The summed E-state index contributed by atoms with van der Waals surface area (Å²) in [5, 5.41) is 5.57. The Morgan fingerprint density at radius 3 is 1.95 bits per heavy atom. The van der Waals surface area contributed by atoms with Gasteiger partial charge in [-0.15, -0.1) is 11.8 Å². The molecule has 0 aliphatic heterocycles. The zero-order valence-electron chi connectivity index (χ0n) is 19.9. The van der Waals surface area contributed by atoms with Gasteiger partial charge >= 0.3 is 0 Å². The largest absolute Gasteiger partial charge is 0.369 e. The Balaban J connectivity index is 1.55. The monoisotopic (exact) mass is 507 g/mol. The van der Waals surface area contributed by atoms with Crippen LogP contribution in [0.1, 0.15) is 15.9 Å². The minimum atomic E-state index is -0.464. The maximum atomic E-state index is 13.2. The van der Waals surface area contributed by atoms with E-state index in [0.29, 0.717) is 11.3 Å². The fourth-order valence-electron chi connectivity index (χ4n) is 3.50. The third-order valence-electron chi connectivity index (χ3n) is 5.35. The quantitative estimate of drug-likeness (QED) is 0.210. The van der Waals surface area contributed by atoms with Crippen molar-refractivity contribution in [2.24, 2.45) is 5.73 Å². The molecular formula is C30H25N3O3S. The number of amides is 3. The lowest BCUT2D eigenvalue weighted by molar-refractivity contribution is -0.115. The summed E-state index contributed by atoms with van der Waals surface area (Å²) < 4.78 is 0. The van der Waals surface area contributed by atoms with Gasteiger partial charge in [0.15, 0.2) is 0 Å². The van der Waals surface area contributed by atoms with E-state index in [1.165, 1.54) is 11.8 Å². The van der Waals surface area contributed by atoms with Crippen LogP contribution in [-0.4, -0.2) is 23.5 Å². The first kappa shape index (κ1) is 25.5. The first-order valence-electron chi connectivity index (χ1n) is 11.5. The smallest absolute Gasteiger partial charge is 0.272 e. The molecule has 0 saturated carbocycles. The normalized spacial score (nSPS) is 11.0. The summed E-state index contributed by atoms with van der Waals surface area (Å²) in [6.07, 6.45) is 1.64. The molecule has 0 aromatic heterocycles. The molecule has 4 N–H and O–H groups in total. The summed E-state index contributed by atoms with van der Waals surface area (Å²) in [5.74, 6) is -1.08. The molecule has 4 aromatic rings. The first-order chi connectivity index (χ1) is 18.0. The number of hydrogen-bond acceptors (Lipinski definition) is 4. The number of primary amides is 1. The Morgan fingerprint density at radius 2 is 1.32 bits per heavy atom. The van der Waals surface area contributed by atoms with Gasteiger partial charge in [0.2, 0.25) is 5.91 Å². The molecule has 4 rings (SSSR count). The van der Waals surface area contributed by atoms with Gasteiger partial charge in [0, 0.05) is 16.1 Å². The van der Waals surface area contributed by atoms with E-state index < -0.39 is 11.8 Å². The summed E-state index contributed by atoms with van der Waals surface area (Å²) >= 11 is 1.31. The fraction of sp³-hybridized carbons (Fsp3) is 0.0333. The Bertz CT molecular complexity index is 1400. The second kappa shape index (κ2) is 12.4. The van der Waals surface area contributed by atoms with E-state index in [4.69, 9.17) is 5.73 Å². The van der Waals surface area contributed by atoms with E-state index in [0.717, 1.165) is 21.6 Å². The van der Waals surface area contributed by atoms with Crippen LogP contribution >= 0.6 is 11.8 Å². The van der Waals surface area contributed by atoms with Gasteiger partial charge in [-0.1, -0.05) is 72.8 Å². The van der Waals surface area contributed by atoms with Crippen LogP contribution in [0.25, 0.3) is 17.2 Å². The molecule has 0 spiro atoms. The van der Waals surface area contributed by atoms with Crippen LogP contribution in [0.4, 0.5) is 5.69 Å². The average molecular weight is 508 g/mol. The topological polar surface area (TPSA) is 101 Å². The number of carbonyl (C=O) groups excluding carboxylic acids is 3. The molecule has 0 radical (unpaired) electrons. The highest BCUT2D eigenvalue weighted by Gasteiger charge is 2.15. The van der Waals surface area contributed by atoms with Gasteiger partial charge in [0.1, 0.15) is 5.70 Å². The van der Waals surface area contributed by atoms with Crippen molar-refractivity contribution in [1.29, 1.82) is 0 Å². The van der Waals surface area contributed by atoms with Gasteiger partial charge in [-0.25, -0.2) is 0 Å². The van der Waals surface area contributed by atoms with E-state index in [1.807, 2.05) is 60.7 Å². The third kappa shape index (κ3) is 7.43. The number of nitrogens with one attached hydrogen (secondary N) is 2. The predicted octanol–water partition coefficient (Wildman–Crippen LogP) is 5.34. The van der Waals surface area contributed by atoms with Crippen molar-refractivity contribution in [3.8, 4) is 11.1 Å². The highest BCUT2D eigenvalue weighted by Crippen LogP contribution is 2.22. The Hall–Kier alpha value is -4.62. The zero-order valence-corrected chi connectivity index (χ0v) is 20.7. The van der Waals surface area contributed by atoms with E-state index in [2.05, 4.69) is 10.6 Å². The van der Waals surface area contributed by atoms with Crippen molar-refractivity contribution < 1.29 is 14.4 Å². The second-order valence-electron chi connectivity index (χ2n) is 8.10. The Morgan fingerprint density at radius 1 is 0.730 bits per heavy atom. The lowest BCUT2D eigenvalue weighted by Crippen LogP contribution is -2.30. The van der Waals surface area contributed by atoms with Crippen molar-refractivity contribution in [1.82, 2.24) is 5.32 Å². The van der Waals surface area contributed by atoms with Crippen LogP contribution in [-0.2, 0) is 9.59 Å². The third-order valence-corrected chi connectivity index (χ3v) is 6.39. The molecule has 0 unspecified atom stereocenters. The zero-order chi connectivity index (χ0) is 26.0. The highest BCUT2D eigenvalue weighted by molar-refractivity contribution is 8.00. The first-order valence-corrected chi connectivity index (χ1v) is 12.5. The Kier molecular flexibility index (Phi) is 8.52. The molecular weight excluding hydrogens is 482 g/mol. The molecule has 0 bridgehead atoms. The second-order valence-corrected chi connectivity index (χ2v) is 9.15. The lowest BCUT2D eigenvalue weighted by Gasteiger charge is -2.12. The number of carbonyl (C=O) groups is 3. The molecule has 4 aromatic carbocycles. The fourth-order valence-corrected chi connectivity index (χ4v) is 4.14. The molecule has 0 aliphatic carbocycles. The number of nitrogens with two attached hydrogens (primary N) is 1. The molecule has 0 heterocycles. The number of benzene rings is 4. The summed E-state index contributed by atoms with van der Waals surface area (Å²) in [6.45, 7) is 0. The van der Waals surface area contributed by atoms with E-state index >= 15 is 0 Å². The molecule has 184 valence electrons. The minimum absolute atomic E-state index is 0.105. The minimum Gasteiger partial charge on any atom is -0.369 e. The van der Waals surface area contributed by atoms with Gasteiger partial charge in [-0.2, -0.15) is 0 Å². The number of rotatable bonds is 9. The maximum Gasteiger partial charge on any atom is 0.272 e. The van der Waals surface area contributed by atoms with Crippen LogP contribution in [0.5, 0.6) is 0 Å². The summed E-state index contributed by atoms with van der Waals surface area (Å²) in [6, 6.07) is 33.5. The van der Waals surface area contributed by atoms with Gasteiger partial charge in [0.25, 0.3) is 11.8 Å². The van der Waals surface area contributed by atoms with E-state index in [-0.39, 0.29) is 17.4 Å². The summed E-state index contributed by atoms with van der Waals surface area (Å²) in [4.78, 5) is 37.9. The highest BCUT2D eigenvalue weighted by atomic mass is 32.2. The van der Waals surface area contributed by atoms with Crippen molar-refractivity contribution in [2.45, 2.75) is 4.90 Å². The molecule has 37 heavy (non-hydrogen) atoms. The number of thioether (sulfide) groups is 1. The van der Waals surface area contributed by atoms with E-state index in [9.17, 15) is 14.4 Å². The van der Waals surface area contributed by atoms with Crippen LogP contribution in [0.15, 0.2) is 120 Å². The van der Waals surface area contributed by atoms with Crippen molar-refractivity contribution in [3.05, 3.63) is 126 Å². The van der Waals surface area contributed by atoms with Gasteiger partial charge in [0.05, 0.1) is 5.75 Å². The van der Waals surface area contributed by atoms with Gasteiger partial charge in [-0.3, -0.25) is 14.4 Å². The average Bonchev–Trinajstić information content (AvgIpc) is 2.93. The van der Waals surface area contributed by atoms with Crippen molar-refractivity contribution in [3.63, 3.8) is 0 Å². The van der Waals surface area contributed by atoms with Crippen molar-refractivity contribution in [2.75, 3.05) is 11.1 Å². The van der Waals surface area contributed by atoms with E-state index in [1.54, 1.807) is 54.6 Å². The van der Waals surface area contributed by atoms with Crippen LogP contribution < -0.4 is 16.4 Å². The molecule has 0 saturated heterocycles. The summed E-state index contributed by atoms with van der Waals surface area (Å²) in [7, 11) is 0. The molecule has 0 fully saturated rings. The molecule has 0 atom stereocenters. The summed E-state index contributed by atoms with van der Waals surface area (Å²) in [5.41, 5.74) is 9.19. The van der Waals surface area contributed by atoms with Crippen LogP contribution in [0, 0.1) is 0 Å². The molecule has 0 aliphatic rings. The maximum absolute atomic E-state index is 13.2. The molecule has 7 heteroatoms. The molecule has 6 nitrogen and oxygen atoms in total. The SMILES string of the molecule is NC(=O)CSc1ccc(NC(=O)/C(=C/c2ccc(-c3ccccc3)cc2)NC(=O)c2ccccc2)cc1. The number of anilines is 1.